The molecule has 0 bridgehead atoms. The second kappa shape index (κ2) is 7.56. The Hall–Kier alpha value is -2.38. The highest BCUT2D eigenvalue weighted by molar-refractivity contribution is 7.94. The molecule has 1 N–H and O–H groups in total. The topological polar surface area (TPSA) is 83.6 Å². The third-order valence-electron chi connectivity index (χ3n) is 4.62. The second-order valence-electron chi connectivity index (χ2n) is 7.14. The minimum Gasteiger partial charge on any atom is -0.322 e. The van der Waals surface area contributed by atoms with E-state index in [0.29, 0.717) is 5.69 Å². The van der Waals surface area contributed by atoms with E-state index in [9.17, 15) is 18.0 Å². The lowest BCUT2D eigenvalue weighted by Gasteiger charge is -2.17. The molecule has 1 saturated heterocycles. The van der Waals surface area contributed by atoms with Crippen LogP contribution in [-0.2, 0) is 14.8 Å². The SMILES string of the molecule is CC(C)c1ccccc1NC(=O)c1ccc(N2C(=O)[C@H](C)CS2(=O)=O)cc1Cl. The summed E-state index contributed by atoms with van der Waals surface area (Å²) in [7, 11) is -3.73. The van der Waals surface area contributed by atoms with Gasteiger partial charge in [0.15, 0.2) is 0 Å². The highest BCUT2D eigenvalue weighted by Crippen LogP contribution is 2.32. The number of para-hydroxylation sites is 1. The van der Waals surface area contributed by atoms with Gasteiger partial charge in [0.1, 0.15) is 0 Å². The fraction of sp³-hybridized carbons (Fsp3) is 0.300. The van der Waals surface area contributed by atoms with Crippen molar-refractivity contribution in [2.45, 2.75) is 26.7 Å². The van der Waals surface area contributed by atoms with Crippen molar-refractivity contribution in [2.24, 2.45) is 5.92 Å². The van der Waals surface area contributed by atoms with Crippen LogP contribution >= 0.6 is 11.6 Å². The zero-order valence-electron chi connectivity index (χ0n) is 15.8. The van der Waals surface area contributed by atoms with Crippen LogP contribution in [0.3, 0.4) is 0 Å². The molecule has 28 heavy (non-hydrogen) atoms. The van der Waals surface area contributed by atoms with Gasteiger partial charge in [-0.05, 0) is 35.7 Å². The highest BCUT2D eigenvalue weighted by Gasteiger charge is 2.42. The Labute approximate surface area is 169 Å². The number of nitrogens with one attached hydrogen (secondary N) is 1. The minimum absolute atomic E-state index is 0.0691. The van der Waals surface area contributed by atoms with Crippen molar-refractivity contribution in [3.63, 3.8) is 0 Å². The molecule has 1 aliphatic rings. The van der Waals surface area contributed by atoms with Crippen molar-refractivity contribution in [2.75, 3.05) is 15.4 Å². The Balaban J connectivity index is 1.89. The van der Waals surface area contributed by atoms with Gasteiger partial charge < -0.3 is 5.32 Å². The van der Waals surface area contributed by atoms with Gasteiger partial charge in [-0.1, -0.05) is 50.6 Å². The Morgan fingerprint density at radius 3 is 2.46 bits per heavy atom. The third-order valence-corrected chi connectivity index (χ3v) is 6.80. The first kappa shape index (κ1) is 20.4. The summed E-state index contributed by atoms with van der Waals surface area (Å²) in [5.74, 6) is -1.53. The van der Waals surface area contributed by atoms with Crippen LogP contribution in [0.25, 0.3) is 0 Å². The Morgan fingerprint density at radius 1 is 1.21 bits per heavy atom. The van der Waals surface area contributed by atoms with Gasteiger partial charge in [0, 0.05) is 5.69 Å². The number of rotatable bonds is 4. The first-order chi connectivity index (χ1) is 13.1. The molecule has 1 aliphatic heterocycles. The molecule has 148 valence electrons. The molecule has 2 aromatic rings. The van der Waals surface area contributed by atoms with E-state index in [-0.39, 0.29) is 27.9 Å². The molecule has 2 amide bonds. The van der Waals surface area contributed by atoms with Crippen LogP contribution in [0.1, 0.15) is 42.6 Å². The number of hydrogen-bond donors (Lipinski definition) is 1. The maximum Gasteiger partial charge on any atom is 0.257 e. The van der Waals surface area contributed by atoms with Crippen LogP contribution < -0.4 is 9.62 Å². The van der Waals surface area contributed by atoms with Crippen molar-refractivity contribution in [3.05, 3.63) is 58.6 Å². The Bertz CT molecular complexity index is 1050. The third kappa shape index (κ3) is 3.77. The lowest BCUT2D eigenvalue weighted by Crippen LogP contribution is -2.30. The number of amides is 2. The second-order valence-corrected chi connectivity index (χ2v) is 9.41. The van der Waals surface area contributed by atoms with E-state index in [0.717, 1.165) is 9.87 Å². The number of benzene rings is 2. The number of sulfonamides is 1. The van der Waals surface area contributed by atoms with Crippen molar-refractivity contribution in [1.82, 2.24) is 0 Å². The summed E-state index contributed by atoms with van der Waals surface area (Å²) in [6.07, 6.45) is 0. The molecule has 1 heterocycles. The summed E-state index contributed by atoms with van der Waals surface area (Å²) in [6, 6.07) is 11.7. The van der Waals surface area contributed by atoms with Crippen LogP contribution in [-0.4, -0.2) is 26.0 Å². The van der Waals surface area contributed by atoms with Gasteiger partial charge >= 0.3 is 0 Å². The molecule has 0 aliphatic carbocycles. The van der Waals surface area contributed by atoms with Gasteiger partial charge in [-0.25, -0.2) is 12.7 Å². The summed E-state index contributed by atoms with van der Waals surface area (Å²) >= 11 is 6.25. The average molecular weight is 421 g/mol. The van der Waals surface area contributed by atoms with Gasteiger partial charge in [-0.3, -0.25) is 9.59 Å². The van der Waals surface area contributed by atoms with E-state index < -0.39 is 27.8 Å². The van der Waals surface area contributed by atoms with E-state index in [2.05, 4.69) is 5.32 Å². The molecule has 0 aromatic heterocycles. The van der Waals surface area contributed by atoms with Crippen molar-refractivity contribution >= 4 is 44.8 Å². The van der Waals surface area contributed by atoms with E-state index >= 15 is 0 Å². The number of carbonyl (C=O) groups is 2. The molecule has 6 nitrogen and oxygen atoms in total. The molecular formula is C20H21ClN2O4S. The summed E-state index contributed by atoms with van der Waals surface area (Å²) in [4.78, 5) is 24.9. The summed E-state index contributed by atoms with van der Waals surface area (Å²) < 4.78 is 25.2. The van der Waals surface area contributed by atoms with Crippen LogP contribution in [0.4, 0.5) is 11.4 Å². The Morgan fingerprint density at radius 2 is 1.89 bits per heavy atom. The minimum atomic E-state index is -3.73. The van der Waals surface area contributed by atoms with Gasteiger partial charge in [-0.15, -0.1) is 0 Å². The van der Waals surface area contributed by atoms with E-state index in [1.165, 1.54) is 18.2 Å². The summed E-state index contributed by atoms with van der Waals surface area (Å²) in [5.41, 5.74) is 2.01. The molecule has 1 atom stereocenters. The first-order valence-electron chi connectivity index (χ1n) is 8.88. The molecule has 1 fully saturated rings. The molecule has 0 radical (unpaired) electrons. The molecule has 0 saturated carbocycles. The van der Waals surface area contributed by atoms with E-state index in [1.807, 2.05) is 38.1 Å². The summed E-state index contributed by atoms with van der Waals surface area (Å²) in [6.45, 7) is 5.62. The molecule has 3 rings (SSSR count). The van der Waals surface area contributed by atoms with Crippen molar-refractivity contribution < 1.29 is 18.0 Å². The predicted octanol–water partition coefficient (Wildman–Crippen LogP) is 4.03. The maximum absolute atomic E-state index is 12.7. The van der Waals surface area contributed by atoms with Gasteiger partial charge in [0.2, 0.25) is 15.9 Å². The van der Waals surface area contributed by atoms with Gasteiger partial charge in [0.05, 0.1) is 27.9 Å². The monoisotopic (exact) mass is 420 g/mol. The molecule has 0 unspecified atom stereocenters. The van der Waals surface area contributed by atoms with Gasteiger partial charge in [0.25, 0.3) is 5.91 Å². The number of anilines is 2. The molecule has 0 spiro atoms. The number of carbonyl (C=O) groups excluding carboxylic acids is 2. The smallest absolute Gasteiger partial charge is 0.257 e. The first-order valence-corrected chi connectivity index (χ1v) is 10.9. The van der Waals surface area contributed by atoms with Gasteiger partial charge in [-0.2, -0.15) is 0 Å². The number of nitrogens with zero attached hydrogens (tertiary/aromatic N) is 1. The lowest BCUT2D eigenvalue weighted by molar-refractivity contribution is -0.119. The zero-order valence-corrected chi connectivity index (χ0v) is 17.3. The van der Waals surface area contributed by atoms with Crippen LogP contribution in [0.5, 0.6) is 0 Å². The Kier molecular flexibility index (Phi) is 5.50. The average Bonchev–Trinajstić information content (AvgIpc) is 2.82. The van der Waals surface area contributed by atoms with Crippen molar-refractivity contribution in [1.29, 1.82) is 0 Å². The lowest BCUT2D eigenvalue weighted by atomic mass is 10.0. The molecule has 8 heteroatoms. The number of hydrogen-bond acceptors (Lipinski definition) is 4. The van der Waals surface area contributed by atoms with Crippen molar-refractivity contribution in [3.8, 4) is 0 Å². The highest BCUT2D eigenvalue weighted by atomic mass is 35.5. The van der Waals surface area contributed by atoms with Crippen LogP contribution in [0.15, 0.2) is 42.5 Å². The fourth-order valence-corrected chi connectivity index (χ4v) is 5.28. The normalized spacial score (nSPS) is 18.5. The maximum atomic E-state index is 12.7. The van der Waals surface area contributed by atoms with Crippen LogP contribution in [0, 0.1) is 5.92 Å². The largest absolute Gasteiger partial charge is 0.322 e. The zero-order chi connectivity index (χ0) is 20.6. The van der Waals surface area contributed by atoms with E-state index in [1.54, 1.807) is 6.92 Å². The fourth-order valence-electron chi connectivity index (χ4n) is 3.21. The number of halogens is 1. The quantitative estimate of drug-likeness (QED) is 0.809. The predicted molar refractivity (Wildman–Crippen MR) is 110 cm³/mol. The molecular weight excluding hydrogens is 400 g/mol. The molecule has 2 aromatic carbocycles. The van der Waals surface area contributed by atoms with E-state index in [4.69, 9.17) is 11.6 Å². The summed E-state index contributed by atoms with van der Waals surface area (Å²) in [5, 5.41) is 2.92. The standard InChI is InChI=1S/C20H21ClN2O4S/c1-12(2)15-6-4-5-7-18(15)22-19(24)16-9-8-14(10-17(16)21)23-20(25)13(3)11-28(23,26)27/h4-10,12-13H,11H2,1-3H3,(H,22,24)/t13-/m1/s1. The van der Waals surface area contributed by atoms with Crippen LogP contribution in [0.2, 0.25) is 5.02 Å².